The summed E-state index contributed by atoms with van der Waals surface area (Å²) in [5.41, 5.74) is 0. The van der Waals surface area contributed by atoms with E-state index in [4.69, 9.17) is 0 Å². The third-order valence-electron chi connectivity index (χ3n) is 1.95. The highest BCUT2D eigenvalue weighted by atomic mass is 32.2. The Morgan fingerprint density at radius 1 is 1.12 bits per heavy atom. The minimum atomic E-state index is -3.39. The average molecular weight is 233 g/mol. The Balaban J connectivity index is 2.29. The summed E-state index contributed by atoms with van der Waals surface area (Å²) in [4.78, 5) is 7.94. The third-order valence-corrected chi connectivity index (χ3v) is 3.52. The van der Waals surface area contributed by atoms with Crippen molar-refractivity contribution in [3.63, 3.8) is 0 Å². The SMILES string of the molecule is O=S(=O)(Cc1ncccn1)c1[c]cccc1. The first-order chi connectivity index (χ1) is 7.68. The second-order valence-corrected chi connectivity index (χ2v) is 5.11. The monoisotopic (exact) mass is 233 g/mol. The van der Waals surface area contributed by atoms with Crippen molar-refractivity contribution in [2.75, 3.05) is 0 Å². The van der Waals surface area contributed by atoms with Crippen LogP contribution in [0, 0.1) is 6.07 Å². The van der Waals surface area contributed by atoms with Gasteiger partial charge in [-0.15, -0.1) is 0 Å². The van der Waals surface area contributed by atoms with Crippen molar-refractivity contribution in [2.45, 2.75) is 10.6 Å². The van der Waals surface area contributed by atoms with Crippen LogP contribution in [0.15, 0.2) is 47.6 Å². The number of sulfone groups is 1. The van der Waals surface area contributed by atoms with Gasteiger partial charge in [0.2, 0.25) is 0 Å². The Bertz CT molecular complexity index is 553. The highest BCUT2D eigenvalue weighted by molar-refractivity contribution is 7.90. The Labute approximate surface area is 93.9 Å². The smallest absolute Gasteiger partial charge is 0.186 e. The zero-order valence-electron chi connectivity index (χ0n) is 8.37. The molecule has 0 saturated carbocycles. The summed E-state index contributed by atoms with van der Waals surface area (Å²) in [6.07, 6.45) is 3.04. The Morgan fingerprint density at radius 2 is 1.88 bits per heavy atom. The lowest BCUT2D eigenvalue weighted by atomic mass is 10.4. The van der Waals surface area contributed by atoms with Gasteiger partial charge in [0, 0.05) is 18.5 Å². The minimum absolute atomic E-state index is 0.169. The van der Waals surface area contributed by atoms with Crippen LogP contribution in [0.4, 0.5) is 0 Å². The summed E-state index contributed by atoms with van der Waals surface area (Å²) in [7, 11) is -3.39. The molecule has 0 fully saturated rings. The molecule has 1 radical (unpaired) electrons. The largest absolute Gasteiger partial charge is 0.240 e. The maximum Gasteiger partial charge on any atom is 0.186 e. The molecule has 0 N–H and O–H groups in total. The third kappa shape index (κ3) is 2.43. The Hall–Kier alpha value is -1.75. The zero-order chi connectivity index (χ0) is 11.4. The second kappa shape index (κ2) is 4.40. The number of hydrogen-bond donors (Lipinski definition) is 0. The lowest BCUT2D eigenvalue weighted by Crippen LogP contribution is -2.07. The first kappa shape index (κ1) is 10.8. The molecule has 2 aromatic rings. The van der Waals surface area contributed by atoms with Gasteiger partial charge in [0.1, 0.15) is 11.6 Å². The molecule has 1 heterocycles. The topological polar surface area (TPSA) is 59.9 Å². The molecule has 0 atom stereocenters. The molecular formula is C11H9N2O2S. The molecule has 0 spiro atoms. The second-order valence-electron chi connectivity index (χ2n) is 3.15. The zero-order valence-corrected chi connectivity index (χ0v) is 9.18. The van der Waals surface area contributed by atoms with Crippen LogP contribution in [0.1, 0.15) is 5.82 Å². The van der Waals surface area contributed by atoms with Crippen molar-refractivity contribution in [1.82, 2.24) is 9.97 Å². The molecule has 0 saturated heterocycles. The van der Waals surface area contributed by atoms with Gasteiger partial charge in [-0.25, -0.2) is 18.4 Å². The summed E-state index contributed by atoms with van der Waals surface area (Å²) in [6.45, 7) is 0. The van der Waals surface area contributed by atoms with E-state index in [1.165, 1.54) is 18.5 Å². The number of hydrogen-bond acceptors (Lipinski definition) is 4. The standard InChI is InChI=1S/C11H9N2O2S/c14-16(15,10-5-2-1-3-6-10)9-11-12-7-4-8-13-11/h1-5,7-8H,9H2. The molecule has 1 aromatic carbocycles. The van der Waals surface area contributed by atoms with Crippen molar-refractivity contribution >= 4 is 9.84 Å². The predicted molar refractivity (Wildman–Crippen MR) is 58.2 cm³/mol. The molecule has 0 aliphatic carbocycles. The Kier molecular flexibility index (Phi) is 2.96. The lowest BCUT2D eigenvalue weighted by molar-refractivity contribution is 0.593. The summed E-state index contributed by atoms with van der Waals surface area (Å²) < 4.78 is 23.8. The summed E-state index contributed by atoms with van der Waals surface area (Å²) in [6, 6.07) is 10.8. The van der Waals surface area contributed by atoms with Crippen LogP contribution in [-0.4, -0.2) is 18.4 Å². The summed E-state index contributed by atoms with van der Waals surface area (Å²) in [5.74, 6) is 0.0914. The lowest BCUT2D eigenvalue weighted by Gasteiger charge is -2.02. The number of aromatic nitrogens is 2. The summed E-state index contributed by atoms with van der Waals surface area (Å²) >= 11 is 0. The van der Waals surface area contributed by atoms with E-state index < -0.39 is 9.84 Å². The van der Waals surface area contributed by atoms with Gasteiger partial charge < -0.3 is 0 Å². The van der Waals surface area contributed by atoms with Gasteiger partial charge in [0.05, 0.1) is 4.90 Å². The maximum absolute atomic E-state index is 11.9. The van der Waals surface area contributed by atoms with Crippen molar-refractivity contribution in [1.29, 1.82) is 0 Å². The molecule has 0 aliphatic rings. The molecule has 2 rings (SSSR count). The number of nitrogens with zero attached hydrogens (tertiary/aromatic N) is 2. The molecule has 0 unspecified atom stereocenters. The van der Waals surface area contributed by atoms with Crippen LogP contribution in [0.5, 0.6) is 0 Å². The van der Waals surface area contributed by atoms with E-state index in [9.17, 15) is 8.42 Å². The molecule has 81 valence electrons. The van der Waals surface area contributed by atoms with Crippen molar-refractivity contribution in [2.24, 2.45) is 0 Å². The van der Waals surface area contributed by atoms with E-state index in [1.807, 2.05) is 0 Å². The Morgan fingerprint density at radius 3 is 2.50 bits per heavy atom. The number of rotatable bonds is 3. The molecule has 16 heavy (non-hydrogen) atoms. The van der Waals surface area contributed by atoms with E-state index in [0.717, 1.165) is 0 Å². The average Bonchev–Trinajstić information content (AvgIpc) is 2.31. The van der Waals surface area contributed by atoms with Crippen LogP contribution < -0.4 is 0 Å². The van der Waals surface area contributed by atoms with E-state index in [0.29, 0.717) is 5.82 Å². The minimum Gasteiger partial charge on any atom is -0.240 e. The van der Waals surface area contributed by atoms with Gasteiger partial charge in [-0.05, 0) is 12.1 Å². The fourth-order valence-electron chi connectivity index (χ4n) is 1.22. The van der Waals surface area contributed by atoms with Gasteiger partial charge in [0.25, 0.3) is 0 Å². The number of benzene rings is 1. The van der Waals surface area contributed by atoms with Crippen LogP contribution in [0.3, 0.4) is 0 Å². The summed E-state index contributed by atoms with van der Waals surface area (Å²) in [5, 5.41) is 0. The normalized spacial score (nSPS) is 11.2. The molecule has 0 aliphatic heterocycles. The van der Waals surface area contributed by atoms with Gasteiger partial charge in [0.15, 0.2) is 9.84 Å². The first-order valence-electron chi connectivity index (χ1n) is 4.64. The fraction of sp³-hybridized carbons (Fsp3) is 0.0909. The van der Waals surface area contributed by atoms with E-state index in [2.05, 4.69) is 16.0 Å². The highest BCUT2D eigenvalue weighted by Crippen LogP contribution is 2.12. The van der Waals surface area contributed by atoms with Gasteiger partial charge in [-0.1, -0.05) is 18.2 Å². The molecule has 1 aromatic heterocycles. The molecule has 5 heteroatoms. The van der Waals surface area contributed by atoms with Crippen molar-refractivity contribution in [3.05, 3.63) is 54.6 Å². The van der Waals surface area contributed by atoms with Crippen LogP contribution in [0.2, 0.25) is 0 Å². The van der Waals surface area contributed by atoms with Gasteiger partial charge >= 0.3 is 0 Å². The molecule has 4 nitrogen and oxygen atoms in total. The van der Waals surface area contributed by atoms with Crippen LogP contribution in [-0.2, 0) is 15.6 Å². The quantitative estimate of drug-likeness (QED) is 0.800. The molecule has 0 bridgehead atoms. The van der Waals surface area contributed by atoms with E-state index >= 15 is 0 Å². The van der Waals surface area contributed by atoms with Crippen LogP contribution in [0.25, 0.3) is 0 Å². The predicted octanol–water partition coefficient (Wildman–Crippen LogP) is 1.25. The fourth-order valence-corrected chi connectivity index (χ4v) is 2.40. The first-order valence-corrected chi connectivity index (χ1v) is 6.29. The van der Waals surface area contributed by atoms with Gasteiger partial charge in [-0.2, -0.15) is 0 Å². The van der Waals surface area contributed by atoms with E-state index in [1.54, 1.807) is 24.3 Å². The van der Waals surface area contributed by atoms with Crippen molar-refractivity contribution in [3.8, 4) is 0 Å². The van der Waals surface area contributed by atoms with E-state index in [-0.39, 0.29) is 10.6 Å². The molecular weight excluding hydrogens is 224 g/mol. The maximum atomic E-state index is 11.9. The van der Waals surface area contributed by atoms with Crippen LogP contribution >= 0.6 is 0 Å². The highest BCUT2D eigenvalue weighted by Gasteiger charge is 2.16. The van der Waals surface area contributed by atoms with Crippen molar-refractivity contribution < 1.29 is 8.42 Å². The van der Waals surface area contributed by atoms with Gasteiger partial charge in [-0.3, -0.25) is 0 Å². The molecule has 0 amide bonds.